The predicted molar refractivity (Wildman–Crippen MR) is 143 cm³/mol. The third kappa shape index (κ3) is 3.94. The van der Waals surface area contributed by atoms with Gasteiger partial charge in [-0.25, -0.2) is 9.97 Å². The van der Waals surface area contributed by atoms with Gasteiger partial charge in [0.2, 0.25) is 0 Å². The van der Waals surface area contributed by atoms with Gasteiger partial charge in [-0.1, -0.05) is 54.7 Å². The monoisotopic (exact) mass is 475 g/mol. The van der Waals surface area contributed by atoms with Crippen molar-refractivity contribution in [3.05, 3.63) is 77.3 Å². The largest absolute Gasteiger partial charge is 0.345 e. The molecule has 2 unspecified atom stereocenters. The minimum Gasteiger partial charge on any atom is -0.345 e. The van der Waals surface area contributed by atoms with Gasteiger partial charge in [0.25, 0.3) is 0 Å². The van der Waals surface area contributed by atoms with Crippen LogP contribution in [0.15, 0.2) is 60.2 Å². The Kier molecular flexibility index (Phi) is 5.44. The summed E-state index contributed by atoms with van der Waals surface area (Å²) in [5, 5.41) is 3.52. The van der Waals surface area contributed by atoms with E-state index in [9.17, 15) is 0 Å². The first-order valence-electron chi connectivity index (χ1n) is 13.6. The van der Waals surface area contributed by atoms with E-state index < -0.39 is 0 Å². The van der Waals surface area contributed by atoms with Crippen LogP contribution in [0.5, 0.6) is 0 Å². The second-order valence-electron chi connectivity index (χ2n) is 11.1. The number of aromatic amines is 2. The molecule has 3 N–H and O–H groups in total. The summed E-state index contributed by atoms with van der Waals surface area (Å²) in [6, 6.07) is 9.34. The van der Waals surface area contributed by atoms with Crippen LogP contribution in [0.25, 0.3) is 16.8 Å². The van der Waals surface area contributed by atoms with Gasteiger partial charge in [-0.3, -0.25) is 0 Å². The number of nitrogens with zero attached hydrogens (tertiary/aromatic N) is 2. The average Bonchev–Trinajstić information content (AvgIpc) is 3.73. The Morgan fingerprint density at radius 3 is 2.61 bits per heavy atom. The minimum absolute atomic E-state index is 0.310. The maximum atomic E-state index is 4.61. The van der Waals surface area contributed by atoms with Gasteiger partial charge in [0.15, 0.2) is 0 Å². The van der Waals surface area contributed by atoms with Gasteiger partial charge in [-0.2, -0.15) is 0 Å². The number of H-pyrrole nitrogens is 2. The van der Waals surface area contributed by atoms with Crippen molar-refractivity contribution in [3.8, 4) is 23.1 Å². The molecule has 36 heavy (non-hydrogen) atoms. The molecule has 1 spiro atoms. The van der Waals surface area contributed by atoms with Crippen LogP contribution in [0.3, 0.4) is 0 Å². The van der Waals surface area contributed by atoms with Crippen molar-refractivity contribution in [1.29, 1.82) is 0 Å². The summed E-state index contributed by atoms with van der Waals surface area (Å²) in [5.41, 5.74) is 9.61. The quantitative estimate of drug-likeness (QED) is 0.388. The first-order chi connectivity index (χ1) is 17.8. The highest BCUT2D eigenvalue weighted by Gasteiger charge is 2.44. The number of hydrogen-bond donors (Lipinski definition) is 3. The Bertz CT molecular complexity index is 1360. The zero-order valence-electron chi connectivity index (χ0n) is 20.7. The molecule has 2 aromatic heterocycles. The van der Waals surface area contributed by atoms with Crippen molar-refractivity contribution in [3.63, 3.8) is 0 Å². The molecule has 5 heteroatoms. The molecule has 1 aliphatic heterocycles. The molecule has 3 aliphatic carbocycles. The van der Waals surface area contributed by atoms with Crippen molar-refractivity contribution in [1.82, 2.24) is 25.3 Å². The van der Waals surface area contributed by atoms with E-state index in [1.54, 1.807) is 17.5 Å². The first-order valence-corrected chi connectivity index (χ1v) is 13.6. The van der Waals surface area contributed by atoms with Crippen LogP contribution in [0.2, 0.25) is 0 Å². The third-order valence-electron chi connectivity index (χ3n) is 8.84. The SMILES string of the molecule is C(#CC1CC=C(c2ccc(-c3cnc[nH]3)cc2)C2=C1CC1(CCCC1)C2)c1cnc(C2CCCN2)[nH]1. The summed E-state index contributed by atoms with van der Waals surface area (Å²) in [6.07, 6.45) is 19.3. The molecular formula is C31H33N5. The second-order valence-corrected chi connectivity index (χ2v) is 11.1. The number of benzene rings is 1. The molecule has 7 rings (SSSR count). The minimum atomic E-state index is 0.310. The fourth-order valence-corrected chi connectivity index (χ4v) is 6.98. The van der Waals surface area contributed by atoms with E-state index in [1.165, 1.54) is 61.6 Å². The summed E-state index contributed by atoms with van der Waals surface area (Å²) in [6.45, 7) is 1.08. The maximum Gasteiger partial charge on any atom is 0.124 e. The number of aromatic nitrogens is 4. The highest BCUT2D eigenvalue weighted by atomic mass is 15.0. The van der Waals surface area contributed by atoms with E-state index in [1.807, 2.05) is 12.4 Å². The lowest BCUT2D eigenvalue weighted by Gasteiger charge is -2.23. The van der Waals surface area contributed by atoms with Crippen molar-refractivity contribution in [2.45, 2.75) is 63.8 Å². The van der Waals surface area contributed by atoms with E-state index in [2.05, 4.69) is 67.4 Å². The molecule has 3 heterocycles. The topological polar surface area (TPSA) is 69.4 Å². The van der Waals surface area contributed by atoms with Crippen LogP contribution in [0.1, 0.15) is 80.9 Å². The van der Waals surface area contributed by atoms with Gasteiger partial charge >= 0.3 is 0 Å². The summed E-state index contributed by atoms with van der Waals surface area (Å²) in [4.78, 5) is 15.5. The van der Waals surface area contributed by atoms with E-state index in [-0.39, 0.29) is 0 Å². The third-order valence-corrected chi connectivity index (χ3v) is 8.84. The van der Waals surface area contributed by atoms with Crippen LogP contribution in [-0.2, 0) is 0 Å². The predicted octanol–water partition coefficient (Wildman–Crippen LogP) is 6.33. The molecule has 0 amide bonds. The van der Waals surface area contributed by atoms with Crippen LogP contribution < -0.4 is 5.32 Å². The number of allylic oxidation sites excluding steroid dienone is 4. The second kappa shape index (κ2) is 8.94. The van der Waals surface area contributed by atoms with Gasteiger partial charge in [0, 0.05) is 5.92 Å². The Morgan fingerprint density at radius 1 is 0.972 bits per heavy atom. The molecule has 0 bridgehead atoms. The Balaban J connectivity index is 1.17. The number of nitrogens with one attached hydrogen (secondary N) is 3. The fourth-order valence-electron chi connectivity index (χ4n) is 6.98. The zero-order chi connectivity index (χ0) is 24.0. The van der Waals surface area contributed by atoms with E-state index in [0.717, 1.165) is 36.6 Å². The van der Waals surface area contributed by atoms with Crippen LogP contribution in [-0.4, -0.2) is 26.5 Å². The van der Waals surface area contributed by atoms with Crippen molar-refractivity contribution < 1.29 is 0 Å². The Hall–Kier alpha value is -3.36. The normalized spacial score (nSPS) is 24.6. The van der Waals surface area contributed by atoms with Crippen LogP contribution in [0.4, 0.5) is 0 Å². The molecule has 1 saturated heterocycles. The standard InChI is InChI=1S/C31H33N5/c1-2-14-31(13-1)16-26-22(9-11-24-18-34-30(36-24)28-4-3-15-33-28)10-12-25(27(26)17-31)21-5-7-23(8-6-21)29-19-32-20-35-29/h5-8,12,18-20,22,28,33H,1-4,10,13-17H2,(H,32,35)(H,34,36). The van der Waals surface area contributed by atoms with Gasteiger partial charge in [-0.05, 0) is 85.1 Å². The number of rotatable bonds is 3. The molecule has 0 radical (unpaired) electrons. The first kappa shape index (κ1) is 21.9. The lowest BCUT2D eigenvalue weighted by Crippen LogP contribution is -2.14. The number of imidazole rings is 2. The van der Waals surface area contributed by atoms with Crippen LogP contribution >= 0.6 is 0 Å². The summed E-state index contributed by atoms with van der Waals surface area (Å²) >= 11 is 0. The molecule has 1 aromatic carbocycles. The van der Waals surface area contributed by atoms with E-state index >= 15 is 0 Å². The van der Waals surface area contributed by atoms with Crippen molar-refractivity contribution in [2.75, 3.05) is 6.54 Å². The Labute approximate surface area is 212 Å². The highest BCUT2D eigenvalue weighted by Crippen LogP contribution is 2.58. The lowest BCUT2D eigenvalue weighted by atomic mass is 9.81. The maximum absolute atomic E-state index is 4.61. The smallest absolute Gasteiger partial charge is 0.124 e. The molecule has 2 atom stereocenters. The van der Waals surface area contributed by atoms with Crippen molar-refractivity contribution >= 4 is 5.57 Å². The fraction of sp³-hybridized carbons (Fsp3) is 0.419. The van der Waals surface area contributed by atoms with Gasteiger partial charge in [0.1, 0.15) is 11.5 Å². The molecule has 182 valence electrons. The number of hydrogen-bond acceptors (Lipinski definition) is 3. The molecule has 5 nitrogen and oxygen atoms in total. The molecule has 2 fully saturated rings. The zero-order valence-corrected chi connectivity index (χ0v) is 20.7. The van der Waals surface area contributed by atoms with Crippen LogP contribution in [0, 0.1) is 23.2 Å². The van der Waals surface area contributed by atoms with E-state index in [0.29, 0.717) is 17.4 Å². The molecule has 3 aromatic rings. The van der Waals surface area contributed by atoms with Gasteiger partial charge in [-0.15, -0.1) is 0 Å². The van der Waals surface area contributed by atoms with Gasteiger partial charge in [0.05, 0.1) is 30.5 Å². The van der Waals surface area contributed by atoms with E-state index in [4.69, 9.17) is 0 Å². The molecular weight excluding hydrogens is 442 g/mol. The summed E-state index contributed by atoms with van der Waals surface area (Å²) in [5.74, 6) is 8.47. The summed E-state index contributed by atoms with van der Waals surface area (Å²) < 4.78 is 0. The molecule has 4 aliphatic rings. The van der Waals surface area contributed by atoms with Gasteiger partial charge < -0.3 is 15.3 Å². The van der Waals surface area contributed by atoms with Crippen molar-refractivity contribution in [2.24, 2.45) is 11.3 Å². The Morgan fingerprint density at radius 2 is 1.83 bits per heavy atom. The lowest BCUT2D eigenvalue weighted by molar-refractivity contribution is 0.313. The highest BCUT2D eigenvalue weighted by molar-refractivity contribution is 5.83. The molecule has 1 saturated carbocycles. The average molecular weight is 476 g/mol. The summed E-state index contributed by atoms with van der Waals surface area (Å²) in [7, 11) is 0.